The van der Waals surface area contributed by atoms with Gasteiger partial charge in [0.05, 0.1) is 0 Å². The number of piperazine rings is 1. The third-order valence-corrected chi connectivity index (χ3v) is 5.35. The second-order valence-electron chi connectivity index (χ2n) is 5.78. The molecule has 0 aliphatic carbocycles. The van der Waals surface area contributed by atoms with Crippen LogP contribution >= 0.6 is 11.8 Å². The first-order chi connectivity index (χ1) is 9.04. The van der Waals surface area contributed by atoms with Crippen molar-refractivity contribution < 1.29 is 9.59 Å². The molecule has 4 nitrogen and oxygen atoms in total. The van der Waals surface area contributed by atoms with E-state index < -0.39 is 0 Å². The average Bonchev–Trinajstić information content (AvgIpc) is 2.85. The van der Waals surface area contributed by atoms with Gasteiger partial charge >= 0.3 is 0 Å². The van der Waals surface area contributed by atoms with Gasteiger partial charge in [-0.25, -0.2) is 0 Å². The largest absolute Gasteiger partial charge is 0.343 e. The lowest BCUT2D eigenvalue weighted by Crippen LogP contribution is -2.65. The van der Waals surface area contributed by atoms with E-state index in [2.05, 4.69) is 5.32 Å². The van der Waals surface area contributed by atoms with Gasteiger partial charge in [-0.3, -0.25) is 9.59 Å². The summed E-state index contributed by atoms with van der Waals surface area (Å²) in [4.78, 5) is 26.6. The maximum Gasteiger partial charge on any atom is 0.245 e. The van der Waals surface area contributed by atoms with E-state index in [1.165, 1.54) is 12.2 Å². The first kappa shape index (κ1) is 14.7. The summed E-state index contributed by atoms with van der Waals surface area (Å²) in [6.45, 7) is 6.70. The van der Waals surface area contributed by atoms with Crippen LogP contribution in [0.15, 0.2) is 0 Å². The Morgan fingerprint density at radius 2 is 2.16 bits per heavy atom. The van der Waals surface area contributed by atoms with E-state index in [9.17, 15) is 9.59 Å². The molecule has 3 atom stereocenters. The second-order valence-corrected chi connectivity index (χ2v) is 7.19. The smallest absolute Gasteiger partial charge is 0.245 e. The number of nitrogens with zero attached hydrogens (tertiary/aromatic N) is 1. The maximum atomic E-state index is 12.5. The van der Waals surface area contributed by atoms with Crippen LogP contribution in [0, 0.1) is 5.92 Å². The van der Waals surface area contributed by atoms with Crippen molar-refractivity contribution in [1.29, 1.82) is 0 Å². The summed E-state index contributed by atoms with van der Waals surface area (Å²) in [6, 6.07) is -0.620. The zero-order valence-electron chi connectivity index (χ0n) is 12.0. The highest BCUT2D eigenvalue weighted by Gasteiger charge is 2.42. The zero-order chi connectivity index (χ0) is 14.0. The van der Waals surface area contributed by atoms with Crippen molar-refractivity contribution in [1.82, 2.24) is 10.2 Å². The Morgan fingerprint density at radius 3 is 2.68 bits per heavy atom. The van der Waals surface area contributed by atoms with Crippen molar-refractivity contribution in [2.45, 2.75) is 57.4 Å². The van der Waals surface area contributed by atoms with E-state index in [0.29, 0.717) is 11.7 Å². The number of thioether (sulfide) groups is 1. The quantitative estimate of drug-likeness (QED) is 0.854. The summed E-state index contributed by atoms with van der Waals surface area (Å²) in [5.74, 6) is 1.47. The molecular formula is C14H24N2O2S. The second kappa shape index (κ2) is 6.16. The monoisotopic (exact) mass is 284 g/mol. The molecule has 2 aliphatic heterocycles. The highest BCUT2D eigenvalue weighted by molar-refractivity contribution is 8.00. The molecule has 5 heteroatoms. The molecule has 2 amide bonds. The number of rotatable bonds is 4. The van der Waals surface area contributed by atoms with Crippen LogP contribution in [0.2, 0.25) is 0 Å². The van der Waals surface area contributed by atoms with Crippen LogP contribution < -0.4 is 5.32 Å². The van der Waals surface area contributed by atoms with Crippen LogP contribution in [-0.2, 0) is 9.59 Å². The van der Waals surface area contributed by atoms with Gasteiger partial charge in [0.15, 0.2) is 0 Å². The number of amides is 2. The lowest BCUT2D eigenvalue weighted by molar-refractivity contribution is -0.151. The fourth-order valence-electron chi connectivity index (χ4n) is 2.95. The van der Waals surface area contributed by atoms with Crippen LogP contribution in [-0.4, -0.2) is 46.3 Å². The third kappa shape index (κ3) is 3.07. The molecule has 2 rings (SSSR count). The van der Waals surface area contributed by atoms with Crippen molar-refractivity contribution in [3.63, 3.8) is 0 Å². The van der Waals surface area contributed by atoms with E-state index in [4.69, 9.17) is 0 Å². The Morgan fingerprint density at radius 1 is 1.42 bits per heavy atom. The molecule has 108 valence electrons. The molecular weight excluding hydrogens is 260 g/mol. The van der Waals surface area contributed by atoms with Crippen LogP contribution in [0.1, 0.15) is 40.0 Å². The van der Waals surface area contributed by atoms with E-state index in [0.717, 1.165) is 13.0 Å². The number of hydrogen-bond donors (Lipinski definition) is 1. The Balaban J connectivity index is 2.15. The van der Waals surface area contributed by atoms with E-state index in [1.807, 2.05) is 37.4 Å². The minimum absolute atomic E-state index is 0.0180. The minimum atomic E-state index is -0.325. The standard InChI is InChI=1S/C14H24N2O2S/c1-4-11-14(18)16(8-10-6-5-7-19-10)12(9(2)3)13(17)15-11/h9-12H,4-8H2,1-3H3,(H,15,17). The first-order valence-corrected chi connectivity index (χ1v) is 8.32. The fraction of sp³-hybridized carbons (Fsp3) is 0.857. The van der Waals surface area contributed by atoms with Crippen molar-refractivity contribution in [3.05, 3.63) is 0 Å². The molecule has 19 heavy (non-hydrogen) atoms. The first-order valence-electron chi connectivity index (χ1n) is 7.27. The minimum Gasteiger partial charge on any atom is -0.343 e. The third-order valence-electron chi connectivity index (χ3n) is 3.97. The molecule has 2 fully saturated rings. The van der Waals surface area contributed by atoms with Gasteiger partial charge in [-0.2, -0.15) is 11.8 Å². The SMILES string of the molecule is CCC1NC(=O)C(C(C)C)N(CC2CCCS2)C1=O. The van der Waals surface area contributed by atoms with Crippen LogP contribution in [0.25, 0.3) is 0 Å². The Labute approximate surface area is 119 Å². The lowest BCUT2D eigenvalue weighted by Gasteiger charge is -2.41. The predicted molar refractivity (Wildman–Crippen MR) is 78.0 cm³/mol. The van der Waals surface area contributed by atoms with Gasteiger partial charge in [0.2, 0.25) is 11.8 Å². The fourth-order valence-corrected chi connectivity index (χ4v) is 4.21. The molecule has 0 aromatic rings. The molecule has 0 radical (unpaired) electrons. The molecule has 3 unspecified atom stereocenters. The van der Waals surface area contributed by atoms with Crippen molar-refractivity contribution in [3.8, 4) is 0 Å². The van der Waals surface area contributed by atoms with Gasteiger partial charge in [0, 0.05) is 11.8 Å². The Kier molecular flexibility index (Phi) is 4.76. The van der Waals surface area contributed by atoms with Crippen molar-refractivity contribution in [2.75, 3.05) is 12.3 Å². The summed E-state index contributed by atoms with van der Waals surface area (Å²) in [7, 11) is 0. The van der Waals surface area contributed by atoms with Crippen LogP contribution in [0.5, 0.6) is 0 Å². The molecule has 0 aromatic heterocycles. The van der Waals surface area contributed by atoms with E-state index in [1.54, 1.807) is 0 Å². The van der Waals surface area contributed by atoms with E-state index in [-0.39, 0.29) is 29.8 Å². The summed E-state index contributed by atoms with van der Waals surface area (Å²) in [6.07, 6.45) is 3.06. The molecule has 2 heterocycles. The van der Waals surface area contributed by atoms with Crippen molar-refractivity contribution >= 4 is 23.6 Å². The van der Waals surface area contributed by atoms with Gasteiger partial charge in [0.1, 0.15) is 12.1 Å². The number of nitrogens with one attached hydrogen (secondary N) is 1. The lowest BCUT2D eigenvalue weighted by atomic mass is 9.96. The summed E-state index contributed by atoms with van der Waals surface area (Å²) in [5.41, 5.74) is 0. The number of hydrogen-bond acceptors (Lipinski definition) is 3. The number of carbonyl (C=O) groups is 2. The summed E-state index contributed by atoms with van der Waals surface area (Å²) in [5, 5.41) is 3.37. The van der Waals surface area contributed by atoms with Gasteiger partial charge < -0.3 is 10.2 Å². The van der Waals surface area contributed by atoms with Gasteiger partial charge in [-0.15, -0.1) is 0 Å². The van der Waals surface area contributed by atoms with E-state index >= 15 is 0 Å². The molecule has 0 saturated carbocycles. The van der Waals surface area contributed by atoms with Crippen LogP contribution in [0.4, 0.5) is 0 Å². The molecule has 2 aliphatic rings. The van der Waals surface area contributed by atoms with Crippen LogP contribution in [0.3, 0.4) is 0 Å². The topological polar surface area (TPSA) is 49.4 Å². The molecule has 0 aromatic carbocycles. The Hall–Kier alpha value is -0.710. The summed E-state index contributed by atoms with van der Waals surface area (Å²) < 4.78 is 0. The van der Waals surface area contributed by atoms with Gasteiger partial charge in [-0.05, 0) is 30.9 Å². The highest BCUT2D eigenvalue weighted by Crippen LogP contribution is 2.29. The number of carbonyl (C=O) groups excluding carboxylic acids is 2. The molecule has 0 spiro atoms. The molecule has 1 N–H and O–H groups in total. The zero-order valence-corrected chi connectivity index (χ0v) is 12.8. The highest BCUT2D eigenvalue weighted by atomic mass is 32.2. The Bertz CT molecular complexity index is 353. The maximum absolute atomic E-state index is 12.5. The van der Waals surface area contributed by atoms with Gasteiger partial charge in [-0.1, -0.05) is 20.8 Å². The normalized spacial score (nSPS) is 32.0. The molecule has 0 bridgehead atoms. The van der Waals surface area contributed by atoms with Gasteiger partial charge in [0.25, 0.3) is 0 Å². The predicted octanol–water partition coefficient (Wildman–Crippen LogP) is 1.64. The van der Waals surface area contributed by atoms with Crippen molar-refractivity contribution in [2.24, 2.45) is 5.92 Å². The summed E-state index contributed by atoms with van der Waals surface area (Å²) >= 11 is 1.94. The average molecular weight is 284 g/mol. The molecule has 2 saturated heterocycles.